The van der Waals surface area contributed by atoms with Crippen LogP contribution in [0.3, 0.4) is 0 Å². The Kier molecular flexibility index (Phi) is 8.12. The van der Waals surface area contributed by atoms with Crippen LogP contribution in [0.25, 0.3) is 0 Å². The monoisotopic (exact) mass is 300 g/mol. The van der Waals surface area contributed by atoms with Crippen molar-refractivity contribution in [3.8, 4) is 0 Å². The molecule has 0 heterocycles. The van der Waals surface area contributed by atoms with E-state index >= 15 is 0 Å². The predicted molar refractivity (Wildman–Crippen MR) is 80.3 cm³/mol. The Bertz CT molecular complexity index is 330. The Morgan fingerprint density at radius 1 is 1.33 bits per heavy atom. The van der Waals surface area contributed by atoms with Gasteiger partial charge in [-0.2, -0.15) is 0 Å². The Morgan fingerprint density at radius 2 is 2.00 bits per heavy atom. The third-order valence-electron chi connectivity index (χ3n) is 4.04. The number of carboxylic acid groups (broad SMARTS) is 1. The molecule has 0 aromatic carbocycles. The molecular weight excluding hydrogens is 272 g/mol. The number of nitrogens with zero attached hydrogens (tertiary/aromatic N) is 1. The Morgan fingerprint density at radius 3 is 2.57 bits per heavy atom. The lowest BCUT2D eigenvalue weighted by atomic mass is 9.89. The van der Waals surface area contributed by atoms with Crippen molar-refractivity contribution < 1.29 is 19.4 Å². The van der Waals surface area contributed by atoms with E-state index in [4.69, 9.17) is 9.84 Å². The fraction of sp³-hybridized carbons (Fsp3) is 0.867. The minimum atomic E-state index is -0.995. The molecule has 6 nitrogen and oxygen atoms in total. The minimum absolute atomic E-state index is 0.301. The number of carbonyl (C=O) groups excluding carboxylic acids is 1. The lowest BCUT2D eigenvalue weighted by Crippen LogP contribution is -2.48. The highest BCUT2D eigenvalue weighted by atomic mass is 16.5. The number of ether oxygens (including phenoxy) is 1. The van der Waals surface area contributed by atoms with Crippen molar-refractivity contribution in [1.29, 1.82) is 0 Å². The highest BCUT2D eigenvalue weighted by molar-refractivity contribution is 5.82. The summed E-state index contributed by atoms with van der Waals surface area (Å²) < 4.78 is 4.91. The van der Waals surface area contributed by atoms with E-state index in [1.54, 1.807) is 19.1 Å². The van der Waals surface area contributed by atoms with Gasteiger partial charge in [-0.15, -0.1) is 0 Å². The molecule has 122 valence electrons. The predicted octanol–water partition coefficient (Wildman–Crippen LogP) is 2.09. The largest absolute Gasteiger partial charge is 0.480 e. The van der Waals surface area contributed by atoms with Crippen molar-refractivity contribution in [3.05, 3.63) is 0 Å². The number of hydrogen-bond donors (Lipinski definition) is 2. The summed E-state index contributed by atoms with van der Waals surface area (Å²) in [5, 5.41) is 11.7. The van der Waals surface area contributed by atoms with Crippen LogP contribution in [0.5, 0.6) is 0 Å². The second-order valence-electron chi connectivity index (χ2n) is 5.86. The van der Waals surface area contributed by atoms with E-state index in [2.05, 4.69) is 5.32 Å². The molecule has 0 radical (unpaired) electrons. The van der Waals surface area contributed by atoms with Gasteiger partial charge in [0.15, 0.2) is 0 Å². The number of methoxy groups -OCH3 is 1. The average Bonchev–Trinajstić information content (AvgIpc) is 2.47. The average molecular weight is 300 g/mol. The number of rotatable bonds is 8. The van der Waals surface area contributed by atoms with Crippen LogP contribution in [0.1, 0.15) is 44.9 Å². The SMILES string of the molecule is COCCCC(NC(=O)N(C)CC1CCCCC1)C(=O)O. The van der Waals surface area contributed by atoms with E-state index in [0.29, 0.717) is 31.9 Å². The highest BCUT2D eigenvalue weighted by Gasteiger charge is 2.23. The molecule has 0 bridgehead atoms. The maximum absolute atomic E-state index is 12.1. The van der Waals surface area contributed by atoms with Gasteiger partial charge in [0.05, 0.1) is 0 Å². The van der Waals surface area contributed by atoms with E-state index in [-0.39, 0.29) is 6.03 Å². The summed E-state index contributed by atoms with van der Waals surface area (Å²) >= 11 is 0. The van der Waals surface area contributed by atoms with E-state index in [1.165, 1.54) is 19.3 Å². The van der Waals surface area contributed by atoms with Gasteiger partial charge in [-0.05, 0) is 31.6 Å². The first-order chi connectivity index (χ1) is 10.0. The first-order valence-corrected chi connectivity index (χ1v) is 7.78. The molecule has 21 heavy (non-hydrogen) atoms. The van der Waals surface area contributed by atoms with Gasteiger partial charge in [-0.1, -0.05) is 19.3 Å². The number of hydrogen-bond acceptors (Lipinski definition) is 3. The highest BCUT2D eigenvalue weighted by Crippen LogP contribution is 2.24. The van der Waals surface area contributed by atoms with Crippen LogP contribution >= 0.6 is 0 Å². The second kappa shape index (κ2) is 9.60. The van der Waals surface area contributed by atoms with Crippen LogP contribution in [0.4, 0.5) is 4.79 Å². The Balaban J connectivity index is 2.38. The van der Waals surface area contributed by atoms with Crippen LogP contribution in [-0.4, -0.2) is 55.4 Å². The van der Waals surface area contributed by atoms with Gasteiger partial charge >= 0.3 is 12.0 Å². The maximum Gasteiger partial charge on any atom is 0.326 e. The summed E-state index contributed by atoms with van der Waals surface area (Å²) in [6.45, 7) is 1.20. The summed E-state index contributed by atoms with van der Waals surface area (Å²) in [4.78, 5) is 24.9. The lowest BCUT2D eigenvalue weighted by molar-refractivity contribution is -0.139. The van der Waals surface area contributed by atoms with E-state index < -0.39 is 12.0 Å². The van der Waals surface area contributed by atoms with Crippen LogP contribution in [-0.2, 0) is 9.53 Å². The zero-order valence-electron chi connectivity index (χ0n) is 13.1. The number of urea groups is 1. The van der Waals surface area contributed by atoms with Crippen molar-refractivity contribution in [3.63, 3.8) is 0 Å². The number of nitrogens with one attached hydrogen (secondary N) is 1. The Hall–Kier alpha value is -1.30. The van der Waals surface area contributed by atoms with Gasteiger partial charge in [0, 0.05) is 27.3 Å². The molecule has 0 aromatic heterocycles. The number of carbonyl (C=O) groups is 2. The second-order valence-corrected chi connectivity index (χ2v) is 5.86. The molecule has 1 fully saturated rings. The van der Waals surface area contributed by atoms with Crippen LogP contribution in [0.2, 0.25) is 0 Å². The molecule has 2 amide bonds. The zero-order valence-corrected chi connectivity index (χ0v) is 13.1. The van der Waals surface area contributed by atoms with Crippen LogP contribution < -0.4 is 5.32 Å². The molecule has 0 saturated heterocycles. The molecule has 1 aliphatic rings. The van der Waals surface area contributed by atoms with Crippen LogP contribution in [0, 0.1) is 5.92 Å². The molecule has 6 heteroatoms. The van der Waals surface area contributed by atoms with Crippen molar-refractivity contribution in [1.82, 2.24) is 10.2 Å². The van der Waals surface area contributed by atoms with Crippen molar-refractivity contribution in [2.75, 3.05) is 27.3 Å². The first-order valence-electron chi connectivity index (χ1n) is 7.78. The van der Waals surface area contributed by atoms with E-state index in [0.717, 1.165) is 12.8 Å². The zero-order chi connectivity index (χ0) is 15.7. The minimum Gasteiger partial charge on any atom is -0.480 e. The number of carboxylic acids is 1. The molecule has 1 saturated carbocycles. The number of amides is 2. The third kappa shape index (κ3) is 6.80. The van der Waals surface area contributed by atoms with Crippen molar-refractivity contribution in [2.45, 2.75) is 51.0 Å². The van der Waals surface area contributed by atoms with Gasteiger partial charge in [0.25, 0.3) is 0 Å². The fourth-order valence-electron chi connectivity index (χ4n) is 2.79. The molecule has 1 unspecified atom stereocenters. The fourth-order valence-corrected chi connectivity index (χ4v) is 2.79. The molecule has 0 aliphatic heterocycles. The maximum atomic E-state index is 12.1. The summed E-state index contributed by atoms with van der Waals surface area (Å²) in [7, 11) is 3.31. The van der Waals surface area contributed by atoms with Gasteiger partial charge in [-0.25, -0.2) is 9.59 Å². The normalized spacial score (nSPS) is 17.2. The van der Waals surface area contributed by atoms with Crippen molar-refractivity contribution in [2.24, 2.45) is 5.92 Å². The summed E-state index contributed by atoms with van der Waals surface area (Å²) in [5.41, 5.74) is 0. The molecule has 2 N–H and O–H groups in total. The Labute approximate surface area is 126 Å². The molecule has 0 aromatic rings. The smallest absolute Gasteiger partial charge is 0.326 e. The molecule has 0 spiro atoms. The summed E-state index contributed by atoms with van der Waals surface area (Å²) in [6.07, 6.45) is 7.06. The summed E-state index contributed by atoms with van der Waals surface area (Å²) in [5.74, 6) is -0.447. The quantitative estimate of drug-likeness (QED) is 0.673. The van der Waals surface area contributed by atoms with Crippen LogP contribution in [0.15, 0.2) is 0 Å². The van der Waals surface area contributed by atoms with E-state index in [9.17, 15) is 9.59 Å². The van der Waals surface area contributed by atoms with Gasteiger partial charge < -0.3 is 20.1 Å². The van der Waals surface area contributed by atoms with Gasteiger partial charge in [-0.3, -0.25) is 0 Å². The molecular formula is C15H28N2O4. The standard InChI is InChI=1S/C15H28N2O4/c1-17(11-12-7-4-3-5-8-12)15(20)16-13(14(18)19)9-6-10-21-2/h12-13H,3-11H2,1-2H3,(H,16,20)(H,18,19). The molecule has 1 rings (SSSR count). The molecule has 1 aliphatic carbocycles. The van der Waals surface area contributed by atoms with Gasteiger partial charge in [0.1, 0.15) is 6.04 Å². The van der Waals surface area contributed by atoms with E-state index in [1.807, 2.05) is 0 Å². The number of aliphatic carboxylic acids is 1. The third-order valence-corrected chi connectivity index (χ3v) is 4.04. The first kappa shape index (κ1) is 17.8. The van der Waals surface area contributed by atoms with Crippen molar-refractivity contribution >= 4 is 12.0 Å². The van der Waals surface area contributed by atoms with Gasteiger partial charge in [0.2, 0.25) is 0 Å². The summed E-state index contributed by atoms with van der Waals surface area (Å²) in [6, 6.07) is -1.15. The lowest BCUT2D eigenvalue weighted by Gasteiger charge is -2.28. The topological polar surface area (TPSA) is 78.9 Å². The molecule has 1 atom stereocenters.